The average molecular weight is 154 g/mol. The van der Waals surface area contributed by atoms with Gasteiger partial charge in [-0.1, -0.05) is 24.3 Å². The van der Waals surface area contributed by atoms with Crippen molar-refractivity contribution in [2.75, 3.05) is 0 Å². The van der Waals surface area contributed by atoms with Gasteiger partial charge in [0.25, 0.3) is 0 Å². The van der Waals surface area contributed by atoms with Crippen LogP contribution in [0.5, 0.6) is 0 Å². The van der Waals surface area contributed by atoms with Crippen molar-refractivity contribution in [2.24, 2.45) is 0 Å². The lowest BCUT2D eigenvalue weighted by atomic mass is 10.1. The van der Waals surface area contributed by atoms with Gasteiger partial charge in [-0.05, 0) is 11.1 Å². The maximum absolute atomic E-state index is 8.73. The lowest BCUT2D eigenvalue weighted by molar-refractivity contribution is -0.253. The van der Waals surface area contributed by atoms with Gasteiger partial charge in [-0.2, -0.15) is 0 Å². The molecule has 11 heavy (non-hydrogen) atoms. The molecule has 0 heterocycles. The highest BCUT2D eigenvalue weighted by Gasteiger charge is 1.93. The second-order valence-corrected chi connectivity index (χ2v) is 2.25. The van der Waals surface area contributed by atoms with Gasteiger partial charge in [0.15, 0.2) is 0 Å². The Morgan fingerprint density at radius 2 is 2.00 bits per heavy atom. The highest BCUT2D eigenvalue weighted by atomic mass is 17.1. The summed E-state index contributed by atoms with van der Waals surface area (Å²) >= 11 is 0. The molecule has 0 saturated heterocycles. The third-order valence-corrected chi connectivity index (χ3v) is 1.41. The molecule has 1 aromatic rings. The van der Waals surface area contributed by atoms with E-state index in [1.807, 2.05) is 6.07 Å². The molecule has 0 aromatic heterocycles. The normalized spacial score (nSPS) is 10.0. The molecule has 60 valence electrons. The zero-order valence-electron chi connectivity index (χ0n) is 6.03. The minimum atomic E-state index is 0.0132. The predicted molar refractivity (Wildman–Crippen MR) is 39.8 cm³/mol. The molecule has 2 N–H and O–H groups in total. The lowest BCUT2D eigenvalue weighted by Crippen LogP contribution is -1.90. The monoisotopic (exact) mass is 154 g/mol. The maximum Gasteiger partial charge on any atom is 0.107 e. The molecule has 3 nitrogen and oxygen atoms in total. The van der Waals surface area contributed by atoms with Crippen molar-refractivity contribution in [1.29, 1.82) is 0 Å². The second-order valence-electron chi connectivity index (χ2n) is 2.25. The predicted octanol–water partition coefficient (Wildman–Crippen LogP) is 1.17. The van der Waals surface area contributed by atoms with Gasteiger partial charge in [0, 0.05) is 0 Å². The van der Waals surface area contributed by atoms with Gasteiger partial charge in [0.05, 0.1) is 6.61 Å². The van der Waals surface area contributed by atoms with E-state index in [4.69, 9.17) is 10.4 Å². The smallest absolute Gasteiger partial charge is 0.107 e. The summed E-state index contributed by atoms with van der Waals surface area (Å²) in [4.78, 5) is 3.95. The van der Waals surface area contributed by atoms with Crippen molar-refractivity contribution < 1.29 is 15.3 Å². The summed E-state index contributed by atoms with van der Waals surface area (Å²) in [5.41, 5.74) is 1.67. The quantitative estimate of drug-likeness (QED) is 0.507. The van der Waals surface area contributed by atoms with E-state index in [1.165, 1.54) is 0 Å². The largest absolute Gasteiger partial charge is 0.392 e. The topological polar surface area (TPSA) is 49.7 Å². The Morgan fingerprint density at radius 3 is 2.64 bits per heavy atom. The van der Waals surface area contributed by atoms with Gasteiger partial charge in [0.2, 0.25) is 0 Å². The van der Waals surface area contributed by atoms with E-state index in [-0.39, 0.29) is 13.2 Å². The van der Waals surface area contributed by atoms with Crippen LogP contribution in [0.1, 0.15) is 11.1 Å². The van der Waals surface area contributed by atoms with Crippen LogP contribution in [0, 0.1) is 0 Å². The van der Waals surface area contributed by atoms with E-state index in [0.29, 0.717) is 0 Å². The summed E-state index contributed by atoms with van der Waals surface area (Å²) in [6.07, 6.45) is 0. The molecule has 1 rings (SSSR count). The first kappa shape index (κ1) is 8.20. The minimum Gasteiger partial charge on any atom is -0.392 e. The van der Waals surface area contributed by atoms with Crippen molar-refractivity contribution in [3.8, 4) is 0 Å². The van der Waals surface area contributed by atoms with Crippen LogP contribution >= 0.6 is 0 Å². The Kier molecular flexibility index (Phi) is 3.04. The van der Waals surface area contributed by atoms with Crippen LogP contribution in [-0.2, 0) is 18.1 Å². The number of aliphatic hydroxyl groups excluding tert-OH is 1. The van der Waals surface area contributed by atoms with Crippen molar-refractivity contribution in [3.63, 3.8) is 0 Å². The van der Waals surface area contributed by atoms with Gasteiger partial charge in [-0.3, -0.25) is 5.26 Å². The minimum absolute atomic E-state index is 0.0132. The average Bonchev–Trinajstić information content (AvgIpc) is 2.06. The summed E-state index contributed by atoms with van der Waals surface area (Å²) in [7, 11) is 0. The fourth-order valence-corrected chi connectivity index (χ4v) is 0.892. The lowest BCUT2D eigenvalue weighted by Gasteiger charge is -1.99. The summed E-state index contributed by atoms with van der Waals surface area (Å²) in [5.74, 6) is 0. The fourth-order valence-electron chi connectivity index (χ4n) is 0.892. The Morgan fingerprint density at radius 1 is 1.27 bits per heavy atom. The van der Waals surface area contributed by atoms with E-state index in [1.54, 1.807) is 18.2 Å². The Hall–Kier alpha value is -0.900. The van der Waals surface area contributed by atoms with Crippen LogP contribution in [-0.4, -0.2) is 10.4 Å². The van der Waals surface area contributed by atoms with E-state index < -0.39 is 0 Å². The molecule has 3 heteroatoms. The molecule has 0 fully saturated rings. The maximum atomic E-state index is 8.73. The van der Waals surface area contributed by atoms with Gasteiger partial charge >= 0.3 is 0 Å². The van der Waals surface area contributed by atoms with E-state index in [9.17, 15) is 0 Å². The van der Waals surface area contributed by atoms with Crippen LogP contribution in [0.15, 0.2) is 24.3 Å². The number of hydrogen-bond donors (Lipinski definition) is 2. The van der Waals surface area contributed by atoms with E-state index >= 15 is 0 Å². The van der Waals surface area contributed by atoms with Crippen LogP contribution in [0.25, 0.3) is 0 Å². The first-order valence-corrected chi connectivity index (χ1v) is 3.32. The third-order valence-electron chi connectivity index (χ3n) is 1.41. The summed E-state index contributed by atoms with van der Waals surface area (Å²) in [5, 5.41) is 16.8. The molecule has 0 saturated carbocycles. The SMILES string of the molecule is OCc1cccc(COO)c1. The molecule has 0 aliphatic heterocycles. The molecule has 0 aliphatic carbocycles. The van der Waals surface area contributed by atoms with Crippen molar-refractivity contribution >= 4 is 0 Å². The van der Waals surface area contributed by atoms with Gasteiger partial charge in [-0.25, -0.2) is 4.89 Å². The number of rotatable bonds is 3. The van der Waals surface area contributed by atoms with Gasteiger partial charge < -0.3 is 5.11 Å². The molecule has 0 radical (unpaired) electrons. The van der Waals surface area contributed by atoms with Crippen molar-refractivity contribution in [3.05, 3.63) is 35.4 Å². The molecule has 0 spiro atoms. The molecule has 1 aromatic carbocycles. The molecular weight excluding hydrogens is 144 g/mol. The number of benzene rings is 1. The van der Waals surface area contributed by atoms with Gasteiger partial charge in [0.1, 0.15) is 6.61 Å². The summed E-state index contributed by atoms with van der Waals surface area (Å²) < 4.78 is 0. The molecule has 0 atom stereocenters. The van der Waals surface area contributed by atoms with Crippen LogP contribution < -0.4 is 0 Å². The first-order valence-electron chi connectivity index (χ1n) is 3.32. The highest BCUT2D eigenvalue weighted by Crippen LogP contribution is 2.05. The molecular formula is C8H10O3. The summed E-state index contributed by atoms with van der Waals surface area (Å²) in [6.45, 7) is 0.174. The molecule has 0 aliphatic rings. The second kappa shape index (κ2) is 4.08. The van der Waals surface area contributed by atoms with E-state index in [0.717, 1.165) is 11.1 Å². The fraction of sp³-hybridized carbons (Fsp3) is 0.250. The van der Waals surface area contributed by atoms with Gasteiger partial charge in [-0.15, -0.1) is 0 Å². The van der Waals surface area contributed by atoms with Crippen LogP contribution in [0.3, 0.4) is 0 Å². The van der Waals surface area contributed by atoms with Crippen molar-refractivity contribution in [1.82, 2.24) is 0 Å². The number of hydrogen-bond acceptors (Lipinski definition) is 3. The standard InChI is InChI=1S/C8H10O3/c9-5-7-2-1-3-8(4-7)6-11-10/h1-4,9-10H,5-6H2. The highest BCUT2D eigenvalue weighted by molar-refractivity contribution is 5.22. The summed E-state index contributed by atoms with van der Waals surface area (Å²) in [6, 6.07) is 7.20. The van der Waals surface area contributed by atoms with E-state index in [2.05, 4.69) is 4.89 Å². The number of aliphatic hydroxyl groups is 1. The first-order chi connectivity index (χ1) is 5.36. The van der Waals surface area contributed by atoms with Crippen LogP contribution in [0.2, 0.25) is 0 Å². The Bertz CT molecular complexity index is 222. The Balaban J connectivity index is 2.74. The third kappa shape index (κ3) is 2.31. The zero-order chi connectivity index (χ0) is 8.10. The molecule has 0 bridgehead atoms. The molecule has 0 amide bonds. The Labute approximate surface area is 64.8 Å². The van der Waals surface area contributed by atoms with Crippen LogP contribution in [0.4, 0.5) is 0 Å². The van der Waals surface area contributed by atoms with Crippen molar-refractivity contribution in [2.45, 2.75) is 13.2 Å². The zero-order valence-corrected chi connectivity index (χ0v) is 6.03. The molecule has 0 unspecified atom stereocenters.